The lowest BCUT2D eigenvalue weighted by atomic mass is 9.49. The lowest BCUT2D eigenvalue weighted by Crippen LogP contribution is -2.56. The summed E-state index contributed by atoms with van der Waals surface area (Å²) in [5.74, 6) is 3.41. The van der Waals surface area contributed by atoms with E-state index in [0.717, 1.165) is 42.5 Å². The van der Waals surface area contributed by atoms with Crippen LogP contribution in [0.3, 0.4) is 0 Å². The number of fused-ring (bicyclic) bond motifs is 1. The molecule has 6 heteroatoms. The van der Waals surface area contributed by atoms with Crippen molar-refractivity contribution in [1.29, 1.82) is 0 Å². The summed E-state index contributed by atoms with van der Waals surface area (Å²) in [6.45, 7) is 6.08. The first-order valence-corrected chi connectivity index (χ1v) is 15.6. The average molecular weight is 556 g/mol. The largest absolute Gasteiger partial charge is 0.496 e. The maximum atomic E-state index is 14.4. The van der Waals surface area contributed by atoms with E-state index in [4.69, 9.17) is 4.74 Å². The van der Waals surface area contributed by atoms with Gasteiger partial charge in [0.25, 0.3) is 0 Å². The number of carbonyl (C=O) groups is 2. The summed E-state index contributed by atoms with van der Waals surface area (Å²) >= 11 is 0. The van der Waals surface area contributed by atoms with Crippen molar-refractivity contribution in [1.82, 2.24) is 14.8 Å². The summed E-state index contributed by atoms with van der Waals surface area (Å²) < 4.78 is 5.64. The first kappa shape index (κ1) is 27.9. The van der Waals surface area contributed by atoms with E-state index >= 15 is 0 Å². The number of benzene rings is 2. The number of ether oxygens (including phenoxy) is 1. The Bertz CT molecular complexity index is 1360. The Labute approximate surface area is 244 Å². The summed E-state index contributed by atoms with van der Waals surface area (Å²) in [6.07, 6.45) is 9.75. The fourth-order valence-electron chi connectivity index (χ4n) is 8.56. The number of nitrogens with one attached hydrogen (secondary N) is 1. The van der Waals surface area contributed by atoms with Crippen LogP contribution in [0.1, 0.15) is 63.5 Å². The number of aromatic nitrogens is 1. The fraction of sp³-hybridized carbons (Fsp3) is 0.543. The van der Waals surface area contributed by atoms with Crippen molar-refractivity contribution >= 4 is 22.7 Å². The van der Waals surface area contributed by atoms with Gasteiger partial charge in [0.05, 0.1) is 19.1 Å². The first-order valence-electron chi connectivity index (χ1n) is 15.6. The lowest BCUT2D eigenvalue weighted by Gasteiger charge is -2.56. The summed E-state index contributed by atoms with van der Waals surface area (Å²) in [4.78, 5) is 35.8. The highest BCUT2D eigenvalue weighted by Crippen LogP contribution is 2.60. The van der Waals surface area contributed by atoms with Gasteiger partial charge in [-0.1, -0.05) is 50.2 Å². The minimum Gasteiger partial charge on any atom is -0.496 e. The van der Waals surface area contributed by atoms with Crippen LogP contribution in [0.25, 0.3) is 10.9 Å². The molecule has 7 rings (SSSR count). The molecule has 0 saturated heterocycles. The van der Waals surface area contributed by atoms with Gasteiger partial charge in [0, 0.05) is 42.3 Å². The average Bonchev–Trinajstić information content (AvgIpc) is 3.36. The molecule has 0 unspecified atom stereocenters. The quantitative estimate of drug-likeness (QED) is 0.296. The van der Waals surface area contributed by atoms with Gasteiger partial charge in [-0.15, -0.1) is 0 Å². The standard InChI is InChI=1S/C35H45N3O3/c1-24(2)21-38(34(40)35-17-25-14-26(18-35)16-27(15-25)19-35)23-33(39)37(22-29-8-4-7-11-32(29)41-3)13-12-28-20-36-31-10-6-5-9-30(28)31/h4-11,20,24-27,36H,12-19,21-23H2,1-3H3. The molecule has 1 aromatic heterocycles. The Balaban J connectivity index is 1.24. The number of rotatable bonds is 11. The normalized spacial score (nSPS) is 24.6. The summed E-state index contributed by atoms with van der Waals surface area (Å²) in [5, 5.41) is 1.19. The van der Waals surface area contributed by atoms with Gasteiger partial charge in [-0.2, -0.15) is 0 Å². The predicted octanol–water partition coefficient (Wildman–Crippen LogP) is 6.45. The molecular weight excluding hydrogens is 510 g/mol. The molecule has 0 atom stereocenters. The highest BCUT2D eigenvalue weighted by molar-refractivity contribution is 5.88. The maximum absolute atomic E-state index is 14.4. The van der Waals surface area contributed by atoms with Gasteiger partial charge in [0.1, 0.15) is 5.75 Å². The van der Waals surface area contributed by atoms with Gasteiger partial charge in [-0.25, -0.2) is 0 Å². The molecule has 2 amide bonds. The third-order valence-corrected chi connectivity index (χ3v) is 9.92. The van der Waals surface area contributed by atoms with Crippen molar-refractivity contribution in [3.05, 3.63) is 65.9 Å². The van der Waals surface area contributed by atoms with E-state index in [1.165, 1.54) is 30.2 Å². The van der Waals surface area contributed by atoms with E-state index in [2.05, 4.69) is 43.2 Å². The molecule has 0 radical (unpaired) electrons. The van der Waals surface area contributed by atoms with E-state index in [1.54, 1.807) is 7.11 Å². The Kier molecular flexibility index (Phi) is 7.84. The van der Waals surface area contributed by atoms with E-state index in [0.29, 0.717) is 43.3 Å². The second-order valence-corrected chi connectivity index (χ2v) is 13.5. The van der Waals surface area contributed by atoms with Crippen molar-refractivity contribution < 1.29 is 14.3 Å². The molecule has 218 valence electrons. The molecule has 4 saturated carbocycles. The first-order chi connectivity index (χ1) is 19.8. The summed E-state index contributed by atoms with van der Waals surface area (Å²) in [5.41, 5.74) is 3.03. The number of hydrogen-bond donors (Lipinski definition) is 1. The van der Waals surface area contributed by atoms with Gasteiger partial charge in [0.15, 0.2) is 0 Å². The summed E-state index contributed by atoms with van der Waals surface area (Å²) in [6, 6.07) is 16.2. The van der Waals surface area contributed by atoms with E-state index in [-0.39, 0.29) is 23.8 Å². The molecule has 4 aliphatic rings. The zero-order valence-electron chi connectivity index (χ0n) is 24.9. The van der Waals surface area contributed by atoms with Gasteiger partial charge < -0.3 is 19.5 Å². The van der Waals surface area contributed by atoms with Gasteiger partial charge >= 0.3 is 0 Å². The van der Waals surface area contributed by atoms with Crippen LogP contribution in [0, 0.1) is 29.1 Å². The molecular formula is C35H45N3O3. The molecule has 0 aliphatic heterocycles. The molecule has 4 fully saturated rings. The van der Waals surface area contributed by atoms with Crippen molar-refractivity contribution in [3.63, 3.8) is 0 Å². The molecule has 3 aromatic rings. The zero-order valence-corrected chi connectivity index (χ0v) is 24.9. The van der Waals surface area contributed by atoms with Crippen LogP contribution >= 0.6 is 0 Å². The SMILES string of the molecule is COc1ccccc1CN(CCc1c[nH]c2ccccc12)C(=O)CN(CC(C)C)C(=O)C12CC3CC(CC(C3)C1)C2. The summed E-state index contributed by atoms with van der Waals surface area (Å²) in [7, 11) is 1.67. The van der Waals surface area contributed by atoms with Gasteiger partial charge in [-0.3, -0.25) is 9.59 Å². The molecule has 1 heterocycles. The second kappa shape index (κ2) is 11.5. The Morgan fingerprint density at radius 2 is 1.59 bits per heavy atom. The van der Waals surface area contributed by atoms with E-state index in [9.17, 15) is 9.59 Å². The van der Waals surface area contributed by atoms with Crippen LogP contribution in [0.2, 0.25) is 0 Å². The minimum absolute atomic E-state index is 0.00877. The Hall–Kier alpha value is -3.28. The molecule has 6 nitrogen and oxygen atoms in total. The Morgan fingerprint density at radius 3 is 2.27 bits per heavy atom. The second-order valence-electron chi connectivity index (χ2n) is 13.5. The van der Waals surface area contributed by atoms with Crippen LogP contribution < -0.4 is 4.74 Å². The number of para-hydroxylation sites is 2. The minimum atomic E-state index is -0.249. The maximum Gasteiger partial charge on any atom is 0.242 e. The molecule has 0 spiro atoms. The smallest absolute Gasteiger partial charge is 0.242 e. The van der Waals surface area contributed by atoms with Gasteiger partial charge in [-0.05, 0) is 86.3 Å². The third-order valence-electron chi connectivity index (χ3n) is 9.92. The predicted molar refractivity (Wildman–Crippen MR) is 162 cm³/mol. The number of amides is 2. The molecule has 1 N–H and O–H groups in total. The van der Waals surface area contributed by atoms with Crippen molar-refractivity contribution in [2.75, 3.05) is 26.7 Å². The third kappa shape index (κ3) is 5.75. The number of nitrogens with zero attached hydrogens (tertiary/aromatic N) is 2. The van der Waals surface area contributed by atoms with E-state index < -0.39 is 0 Å². The number of methoxy groups -OCH3 is 1. The van der Waals surface area contributed by atoms with E-state index in [1.807, 2.05) is 40.1 Å². The van der Waals surface area contributed by atoms with Crippen LogP contribution in [0.15, 0.2) is 54.7 Å². The lowest BCUT2D eigenvalue weighted by molar-refractivity contribution is -0.160. The monoisotopic (exact) mass is 555 g/mol. The number of hydrogen-bond acceptors (Lipinski definition) is 3. The van der Waals surface area contributed by atoms with Crippen molar-refractivity contribution in [3.8, 4) is 5.75 Å². The molecule has 2 aromatic carbocycles. The fourth-order valence-corrected chi connectivity index (χ4v) is 8.56. The number of H-pyrrole nitrogens is 1. The topological polar surface area (TPSA) is 65.6 Å². The number of aromatic amines is 1. The van der Waals surface area contributed by atoms with Crippen LogP contribution in [-0.2, 0) is 22.6 Å². The highest BCUT2D eigenvalue weighted by atomic mass is 16.5. The molecule has 4 aliphatic carbocycles. The highest BCUT2D eigenvalue weighted by Gasteiger charge is 2.55. The molecule has 4 bridgehead atoms. The van der Waals surface area contributed by atoms with Crippen molar-refractivity contribution in [2.24, 2.45) is 29.1 Å². The Morgan fingerprint density at radius 1 is 0.927 bits per heavy atom. The van der Waals surface area contributed by atoms with Crippen molar-refractivity contribution in [2.45, 2.75) is 65.3 Å². The number of carbonyl (C=O) groups excluding carboxylic acids is 2. The van der Waals surface area contributed by atoms with Crippen LogP contribution in [0.5, 0.6) is 5.75 Å². The van der Waals surface area contributed by atoms with Gasteiger partial charge in [0.2, 0.25) is 11.8 Å². The zero-order chi connectivity index (χ0) is 28.6. The van der Waals surface area contributed by atoms with Crippen LogP contribution in [0.4, 0.5) is 0 Å². The van der Waals surface area contributed by atoms with Crippen LogP contribution in [-0.4, -0.2) is 53.3 Å². The molecule has 41 heavy (non-hydrogen) atoms.